The molecule has 0 radical (unpaired) electrons. The fourth-order valence-corrected chi connectivity index (χ4v) is 3.81. The van der Waals surface area contributed by atoms with Gasteiger partial charge in [-0.05, 0) is 41.1 Å². The SMILES string of the molecule is CCCc1ccc(-c2ccccc2C(=O)N2CC[C@H](N=[N+]=[N-])[C@H]2C(=O)OC)cc1. The highest BCUT2D eigenvalue weighted by Crippen LogP contribution is 2.29. The number of methoxy groups -OCH3 is 1. The molecule has 1 amide bonds. The molecular formula is C22H24N4O3. The van der Waals surface area contributed by atoms with Crippen LogP contribution < -0.4 is 0 Å². The highest BCUT2D eigenvalue weighted by molar-refractivity contribution is 6.02. The molecule has 1 aliphatic heterocycles. The number of nitrogens with zero attached hydrogens (tertiary/aromatic N) is 4. The molecule has 2 aromatic carbocycles. The van der Waals surface area contributed by atoms with Crippen LogP contribution in [-0.2, 0) is 16.0 Å². The van der Waals surface area contributed by atoms with Gasteiger partial charge in [0.05, 0.1) is 13.2 Å². The number of rotatable bonds is 6. The summed E-state index contributed by atoms with van der Waals surface area (Å²) in [5, 5.41) is 3.69. The quantitative estimate of drug-likeness (QED) is 0.316. The molecular weight excluding hydrogens is 368 g/mol. The van der Waals surface area contributed by atoms with Gasteiger partial charge in [0, 0.05) is 17.0 Å². The molecule has 0 saturated carbocycles. The fourth-order valence-electron chi connectivity index (χ4n) is 3.81. The maximum Gasteiger partial charge on any atom is 0.329 e. The summed E-state index contributed by atoms with van der Waals surface area (Å²) >= 11 is 0. The standard InChI is InChI=1S/C22H24N4O3/c1-3-6-15-9-11-16(12-10-15)17-7-4-5-8-18(17)21(27)26-14-13-19(24-25-23)20(26)22(28)29-2/h4-5,7-12,19-20H,3,6,13-14H2,1-2H3/t19-,20-/m0/s1. The van der Waals surface area contributed by atoms with Gasteiger partial charge in [-0.15, -0.1) is 0 Å². The maximum absolute atomic E-state index is 13.4. The Hall–Kier alpha value is -3.31. The molecule has 1 fully saturated rings. The van der Waals surface area contributed by atoms with Crippen LogP contribution in [0.3, 0.4) is 0 Å². The van der Waals surface area contributed by atoms with E-state index in [1.807, 2.05) is 24.3 Å². The van der Waals surface area contributed by atoms with Crippen molar-refractivity contribution in [2.45, 2.75) is 38.3 Å². The zero-order valence-electron chi connectivity index (χ0n) is 16.6. The monoisotopic (exact) mass is 392 g/mol. The molecule has 0 aromatic heterocycles. The Bertz CT molecular complexity index is 935. The zero-order valence-corrected chi connectivity index (χ0v) is 16.6. The molecule has 7 nitrogen and oxygen atoms in total. The molecule has 0 bridgehead atoms. The maximum atomic E-state index is 13.4. The van der Waals surface area contributed by atoms with Crippen molar-refractivity contribution in [2.24, 2.45) is 5.11 Å². The number of likely N-dealkylation sites (tertiary alicyclic amines) is 1. The number of hydrogen-bond donors (Lipinski definition) is 0. The molecule has 150 valence electrons. The highest BCUT2D eigenvalue weighted by atomic mass is 16.5. The van der Waals surface area contributed by atoms with E-state index in [2.05, 4.69) is 29.1 Å². The molecule has 1 heterocycles. The van der Waals surface area contributed by atoms with E-state index in [-0.39, 0.29) is 5.91 Å². The van der Waals surface area contributed by atoms with Gasteiger partial charge < -0.3 is 9.64 Å². The molecule has 2 aromatic rings. The number of benzene rings is 2. The lowest BCUT2D eigenvalue weighted by atomic mass is 9.97. The molecule has 3 rings (SSSR count). The minimum absolute atomic E-state index is 0.274. The van der Waals surface area contributed by atoms with E-state index in [0.29, 0.717) is 18.5 Å². The van der Waals surface area contributed by atoms with Crippen LogP contribution in [0, 0.1) is 0 Å². The summed E-state index contributed by atoms with van der Waals surface area (Å²) in [5.41, 5.74) is 12.3. The normalized spacial score (nSPS) is 18.2. The van der Waals surface area contributed by atoms with Crippen molar-refractivity contribution >= 4 is 11.9 Å². The predicted molar refractivity (Wildman–Crippen MR) is 110 cm³/mol. The number of aryl methyl sites for hydroxylation is 1. The van der Waals surface area contributed by atoms with Crippen LogP contribution in [0.4, 0.5) is 0 Å². The summed E-state index contributed by atoms with van der Waals surface area (Å²) < 4.78 is 4.86. The van der Waals surface area contributed by atoms with Gasteiger partial charge in [0.15, 0.2) is 0 Å². The van der Waals surface area contributed by atoms with Crippen molar-refractivity contribution in [3.8, 4) is 11.1 Å². The van der Waals surface area contributed by atoms with E-state index >= 15 is 0 Å². The highest BCUT2D eigenvalue weighted by Gasteiger charge is 2.42. The minimum Gasteiger partial charge on any atom is -0.467 e. The van der Waals surface area contributed by atoms with E-state index in [4.69, 9.17) is 10.3 Å². The Morgan fingerprint density at radius 2 is 1.93 bits per heavy atom. The second kappa shape index (κ2) is 9.26. The van der Waals surface area contributed by atoms with Crippen molar-refractivity contribution in [2.75, 3.05) is 13.7 Å². The third-order valence-corrected chi connectivity index (χ3v) is 5.23. The van der Waals surface area contributed by atoms with Gasteiger partial charge in [-0.2, -0.15) is 0 Å². The lowest BCUT2D eigenvalue weighted by Crippen LogP contribution is -2.45. The van der Waals surface area contributed by atoms with E-state index in [1.165, 1.54) is 17.6 Å². The minimum atomic E-state index is -0.914. The van der Waals surface area contributed by atoms with Crippen LogP contribution in [0.5, 0.6) is 0 Å². The van der Waals surface area contributed by atoms with Gasteiger partial charge in [0.25, 0.3) is 5.91 Å². The van der Waals surface area contributed by atoms with Crippen molar-refractivity contribution < 1.29 is 14.3 Å². The molecule has 0 unspecified atom stereocenters. The summed E-state index contributed by atoms with van der Waals surface area (Å²) in [6.45, 7) is 2.46. The second-order valence-electron chi connectivity index (χ2n) is 7.02. The third kappa shape index (κ3) is 4.25. The molecule has 0 N–H and O–H groups in total. The largest absolute Gasteiger partial charge is 0.467 e. The first-order valence-corrected chi connectivity index (χ1v) is 9.72. The Balaban J connectivity index is 1.95. The molecule has 2 atom stereocenters. The van der Waals surface area contributed by atoms with Crippen LogP contribution in [0.15, 0.2) is 53.6 Å². The number of ether oxygens (including phenoxy) is 1. The first kappa shape index (κ1) is 20.4. The Kier molecular flexibility index (Phi) is 6.52. The van der Waals surface area contributed by atoms with Crippen LogP contribution >= 0.6 is 0 Å². The lowest BCUT2D eigenvalue weighted by Gasteiger charge is -2.25. The predicted octanol–water partition coefficient (Wildman–Crippen LogP) is 4.37. The summed E-state index contributed by atoms with van der Waals surface area (Å²) in [7, 11) is 1.27. The number of esters is 1. The lowest BCUT2D eigenvalue weighted by molar-refractivity contribution is -0.145. The summed E-state index contributed by atoms with van der Waals surface area (Å²) in [6, 6.07) is 14.0. The summed E-state index contributed by atoms with van der Waals surface area (Å²) in [6.07, 6.45) is 2.50. The van der Waals surface area contributed by atoms with Crippen molar-refractivity contribution in [1.29, 1.82) is 0 Å². The van der Waals surface area contributed by atoms with Crippen LogP contribution in [0.2, 0.25) is 0 Å². The second-order valence-corrected chi connectivity index (χ2v) is 7.02. The smallest absolute Gasteiger partial charge is 0.329 e. The van der Waals surface area contributed by atoms with Crippen molar-refractivity contribution in [1.82, 2.24) is 4.90 Å². The van der Waals surface area contributed by atoms with Gasteiger partial charge in [-0.1, -0.05) is 60.9 Å². The Morgan fingerprint density at radius 1 is 1.21 bits per heavy atom. The molecule has 29 heavy (non-hydrogen) atoms. The van der Waals surface area contributed by atoms with Crippen molar-refractivity contribution in [3.05, 3.63) is 70.1 Å². The molecule has 1 saturated heterocycles. The van der Waals surface area contributed by atoms with Crippen LogP contribution in [0.1, 0.15) is 35.7 Å². The average molecular weight is 392 g/mol. The van der Waals surface area contributed by atoms with Crippen LogP contribution in [-0.4, -0.2) is 42.5 Å². The third-order valence-electron chi connectivity index (χ3n) is 5.23. The number of azide groups is 1. The molecule has 0 spiro atoms. The number of amides is 1. The number of hydrogen-bond acceptors (Lipinski definition) is 4. The van der Waals surface area contributed by atoms with Crippen LogP contribution in [0.25, 0.3) is 21.6 Å². The first-order valence-electron chi connectivity index (χ1n) is 9.72. The van der Waals surface area contributed by atoms with Gasteiger partial charge in [0.1, 0.15) is 6.04 Å². The molecule has 1 aliphatic rings. The van der Waals surface area contributed by atoms with E-state index in [9.17, 15) is 9.59 Å². The topological polar surface area (TPSA) is 95.4 Å². The average Bonchev–Trinajstić information content (AvgIpc) is 3.17. The van der Waals surface area contributed by atoms with Gasteiger partial charge >= 0.3 is 5.97 Å². The summed E-state index contributed by atoms with van der Waals surface area (Å²) in [5.74, 6) is -0.848. The molecule has 7 heteroatoms. The Labute approximate surface area is 169 Å². The van der Waals surface area contributed by atoms with Gasteiger partial charge in [-0.25, -0.2) is 4.79 Å². The van der Waals surface area contributed by atoms with E-state index in [0.717, 1.165) is 24.0 Å². The zero-order chi connectivity index (χ0) is 20.8. The van der Waals surface area contributed by atoms with Gasteiger partial charge in [-0.3, -0.25) is 4.79 Å². The first-order chi connectivity index (χ1) is 14.1. The van der Waals surface area contributed by atoms with Gasteiger partial charge in [0.2, 0.25) is 0 Å². The molecule has 0 aliphatic carbocycles. The Morgan fingerprint density at radius 3 is 2.59 bits per heavy atom. The van der Waals surface area contributed by atoms with Crippen molar-refractivity contribution in [3.63, 3.8) is 0 Å². The number of carbonyl (C=O) groups excluding carboxylic acids is 2. The summed E-state index contributed by atoms with van der Waals surface area (Å²) in [4.78, 5) is 29.9. The van der Waals surface area contributed by atoms with E-state index < -0.39 is 18.1 Å². The fraction of sp³-hybridized carbons (Fsp3) is 0.364. The number of carbonyl (C=O) groups is 2. The van der Waals surface area contributed by atoms with E-state index in [1.54, 1.807) is 12.1 Å².